The van der Waals surface area contributed by atoms with Gasteiger partial charge in [-0.05, 0) is 31.4 Å². The molecular weight excluding hydrogens is 302 g/mol. The third-order valence-corrected chi connectivity index (χ3v) is 3.42. The zero-order valence-electron chi connectivity index (χ0n) is 12.7. The number of nitro groups is 1. The number of esters is 1. The molecule has 0 radical (unpaired) electrons. The lowest BCUT2D eigenvalue weighted by Gasteiger charge is -2.10. The van der Waals surface area contributed by atoms with E-state index in [1.165, 1.54) is 31.2 Å². The Kier molecular flexibility index (Phi) is 5.59. The molecule has 1 saturated heterocycles. The molecule has 23 heavy (non-hydrogen) atoms. The van der Waals surface area contributed by atoms with Crippen molar-refractivity contribution in [2.24, 2.45) is 0 Å². The number of nitrogens with zero attached hydrogens (tertiary/aromatic N) is 1. The summed E-state index contributed by atoms with van der Waals surface area (Å²) >= 11 is 0. The minimum atomic E-state index is -0.750. The van der Waals surface area contributed by atoms with Crippen LogP contribution in [-0.4, -0.2) is 36.0 Å². The maximum Gasteiger partial charge on any atom is 0.341 e. The first-order valence-corrected chi connectivity index (χ1v) is 7.23. The Morgan fingerprint density at radius 3 is 2.87 bits per heavy atom. The van der Waals surface area contributed by atoms with Crippen LogP contribution >= 0.6 is 0 Å². The second kappa shape index (κ2) is 7.64. The van der Waals surface area contributed by atoms with E-state index in [0.29, 0.717) is 12.2 Å². The number of ketones is 1. The summed E-state index contributed by atoms with van der Waals surface area (Å²) in [4.78, 5) is 34.0. The molecule has 0 amide bonds. The van der Waals surface area contributed by atoms with Gasteiger partial charge in [0.05, 0.1) is 11.0 Å². The summed E-state index contributed by atoms with van der Waals surface area (Å²) in [5.41, 5.74) is 0.122. The average Bonchev–Trinajstić information content (AvgIpc) is 3.03. The Hall–Kier alpha value is -2.54. The molecule has 0 spiro atoms. The predicted molar refractivity (Wildman–Crippen MR) is 81.7 cm³/mol. The maximum absolute atomic E-state index is 12.1. The number of benzene rings is 1. The summed E-state index contributed by atoms with van der Waals surface area (Å²) < 4.78 is 10.5. The van der Waals surface area contributed by atoms with Crippen molar-refractivity contribution in [1.29, 1.82) is 0 Å². The summed E-state index contributed by atoms with van der Waals surface area (Å²) in [6.07, 6.45) is 2.90. The van der Waals surface area contributed by atoms with E-state index in [1.807, 2.05) is 0 Å². The number of carbonyl (C=O) groups is 2. The first kappa shape index (κ1) is 16.8. The van der Waals surface area contributed by atoms with Gasteiger partial charge in [-0.15, -0.1) is 0 Å². The van der Waals surface area contributed by atoms with Gasteiger partial charge < -0.3 is 9.47 Å². The van der Waals surface area contributed by atoms with E-state index in [1.54, 1.807) is 6.07 Å². The Morgan fingerprint density at radius 2 is 2.26 bits per heavy atom. The van der Waals surface area contributed by atoms with Crippen LogP contribution in [0.3, 0.4) is 0 Å². The largest absolute Gasteiger partial charge is 0.459 e. The van der Waals surface area contributed by atoms with E-state index < -0.39 is 16.7 Å². The fourth-order valence-corrected chi connectivity index (χ4v) is 2.22. The van der Waals surface area contributed by atoms with Gasteiger partial charge in [0.25, 0.3) is 5.69 Å². The summed E-state index contributed by atoms with van der Waals surface area (Å²) in [5, 5.41) is 10.8. The SMILES string of the molecule is CC(=O)C(=Cc1cccc([N+](=O)[O-])c1)C(=O)OCC1CCCO1. The van der Waals surface area contributed by atoms with Crippen molar-refractivity contribution in [3.8, 4) is 0 Å². The summed E-state index contributed by atoms with van der Waals surface area (Å²) in [6, 6.07) is 5.68. The van der Waals surface area contributed by atoms with Crippen molar-refractivity contribution in [2.45, 2.75) is 25.9 Å². The lowest BCUT2D eigenvalue weighted by Crippen LogP contribution is -2.21. The van der Waals surface area contributed by atoms with E-state index >= 15 is 0 Å². The molecule has 1 fully saturated rings. The minimum absolute atomic E-state index is 0.0956. The summed E-state index contributed by atoms with van der Waals surface area (Å²) in [7, 11) is 0. The van der Waals surface area contributed by atoms with Crippen molar-refractivity contribution in [1.82, 2.24) is 0 Å². The average molecular weight is 319 g/mol. The molecule has 1 aliphatic rings. The molecule has 1 aromatic carbocycles. The first-order valence-electron chi connectivity index (χ1n) is 7.23. The Labute approximate surface area is 133 Å². The van der Waals surface area contributed by atoms with Crippen LogP contribution in [0.4, 0.5) is 5.69 Å². The molecule has 7 heteroatoms. The van der Waals surface area contributed by atoms with Crippen molar-refractivity contribution >= 4 is 23.5 Å². The highest BCUT2D eigenvalue weighted by Crippen LogP contribution is 2.17. The highest BCUT2D eigenvalue weighted by molar-refractivity contribution is 6.19. The van der Waals surface area contributed by atoms with E-state index in [4.69, 9.17) is 9.47 Å². The van der Waals surface area contributed by atoms with Gasteiger partial charge in [-0.1, -0.05) is 12.1 Å². The van der Waals surface area contributed by atoms with Crippen LogP contribution in [0, 0.1) is 10.1 Å². The van der Waals surface area contributed by atoms with Gasteiger partial charge in [0.2, 0.25) is 0 Å². The van der Waals surface area contributed by atoms with Gasteiger partial charge in [0.1, 0.15) is 12.2 Å². The van der Waals surface area contributed by atoms with E-state index in [9.17, 15) is 19.7 Å². The smallest absolute Gasteiger partial charge is 0.341 e. The van der Waals surface area contributed by atoms with Gasteiger partial charge in [0.15, 0.2) is 5.78 Å². The second-order valence-electron chi connectivity index (χ2n) is 5.20. The maximum atomic E-state index is 12.1. The van der Waals surface area contributed by atoms with Crippen molar-refractivity contribution < 1.29 is 24.0 Å². The lowest BCUT2D eigenvalue weighted by atomic mass is 10.1. The third-order valence-electron chi connectivity index (χ3n) is 3.42. The highest BCUT2D eigenvalue weighted by atomic mass is 16.6. The van der Waals surface area contributed by atoms with E-state index in [2.05, 4.69) is 0 Å². The molecule has 7 nitrogen and oxygen atoms in total. The van der Waals surface area contributed by atoms with Crippen LogP contribution in [0.15, 0.2) is 29.8 Å². The molecule has 0 aliphatic carbocycles. The van der Waals surface area contributed by atoms with Crippen LogP contribution < -0.4 is 0 Å². The van der Waals surface area contributed by atoms with Crippen LogP contribution in [0.2, 0.25) is 0 Å². The molecule has 2 rings (SSSR count). The monoisotopic (exact) mass is 319 g/mol. The van der Waals surface area contributed by atoms with Gasteiger partial charge >= 0.3 is 5.97 Å². The molecular formula is C16H17NO6. The van der Waals surface area contributed by atoms with E-state index in [0.717, 1.165) is 12.8 Å². The van der Waals surface area contributed by atoms with Gasteiger partial charge in [0, 0.05) is 18.7 Å². The number of hydrogen-bond acceptors (Lipinski definition) is 6. The Bertz CT molecular complexity index is 646. The van der Waals surface area contributed by atoms with Crippen molar-refractivity contribution in [3.63, 3.8) is 0 Å². The highest BCUT2D eigenvalue weighted by Gasteiger charge is 2.21. The fraction of sp³-hybridized carbons (Fsp3) is 0.375. The fourth-order valence-electron chi connectivity index (χ4n) is 2.22. The number of ether oxygens (including phenoxy) is 2. The number of carbonyl (C=O) groups excluding carboxylic acids is 2. The molecule has 1 atom stereocenters. The molecule has 0 N–H and O–H groups in total. The summed E-state index contributed by atoms with van der Waals surface area (Å²) in [5.74, 6) is -1.21. The number of non-ortho nitro benzene ring substituents is 1. The number of nitro benzene ring substituents is 1. The molecule has 1 heterocycles. The van der Waals surface area contributed by atoms with Crippen LogP contribution in [0.1, 0.15) is 25.3 Å². The van der Waals surface area contributed by atoms with Gasteiger partial charge in [-0.2, -0.15) is 0 Å². The van der Waals surface area contributed by atoms with E-state index in [-0.39, 0.29) is 24.0 Å². The molecule has 1 aliphatic heterocycles. The predicted octanol–water partition coefficient (Wildman–Crippen LogP) is 2.29. The molecule has 1 aromatic rings. The third kappa shape index (κ3) is 4.72. The standard InChI is InChI=1S/C16H17NO6/c1-11(18)15(16(19)23-10-14-6-3-7-22-14)9-12-4-2-5-13(8-12)17(20)21/h2,4-5,8-9,14H,3,6-7,10H2,1H3. The van der Waals surface area contributed by atoms with Crippen LogP contribution in [0.5, 0.6) is 0 Å². The first-order chi connectivity index (χ1) is 11.0. The second-order valence-corrected chi connectivity index (χ2v) is 5.20. The zero-order valence-corrected chi connectivity index (χ0v) is 12.7. The van der Waals surface area contributed by atoms with Gasteiger partial charge in [-0.3, -0.25) is 14.9 Å². The number of hydrogen-bond donors (Lipinski definition) is 0. The molecule has 122 valence electrons. The van der Waals surface area contributed by atoms with Gasteiger partial charge in [-0.25, -0.2) is 4.79 Å². The van der Waals surface area contributed by atoms with Crippen molar-refractivity contribution in [2.75, 3.05) is 13.2 Å². The van der Waals surface area contributed by atoms with Crippen LogP contribution in [0.25, 0.3) is 6.08 Å². The number of rotatable bonds is 6. The minimum Gasteiger partial charge on any atom is -0.459 e. The normalized spacial score (nSPS) is 17.8. The molecule has 0 aromatic heterocycles. The zero-order chi connectivity index (χ0) is 16.8. The lowest BCUT2D eigenvalue weighted by molar-refractivity contribution is -0.384. The molecule has 0 bridgehead atoms. The number of Topliss-reactive ketones (excluding diaryl/α,β-unsaturated/α-hetero) is 1. The summed E-state index contributed by atoms with van der Waals surface area (Å²) in [6.45, 7) is 1.99. The quantitative estimate of drug-likeness (QED) is 0.199. The molecule has 0 saturated carbocycles. The van der Waals surface area contributed by atoms with Crippen molar-refractivity contribution in [3.05, 3.63) is 45.5 Å². The Balaban J connectivity index is 2.13. The van der Waals surface area contributed by atoms with Crippen LogP contribution in [-0.2, 0) is 19.1 Å². The Morgan fingerprint density at radius 1 is 1.48 bits per heavy atom. The topological polar surface area (TPSA) is 95.7 Å². The molecule has 1 unspecified atom stereocenters.